The minimum atomic E-state index is -0.283. The van der Waals surface area contributed by atoms with Crippen molar-refractivity contribution in [1.82, 2.24) is 10.2 Å². The second-order valence-electron chi connectivity index (χ2n) is 8.58. The molecule has 1 N–H and O–H groups in total. The van der Waals surface area contributed by atoms with E-state index in [9.17, 15) is 9.59 Å². The zero-order valence-corrected chi connectivity index (χ0v) is 19.2. The van der Waals surface area contributed by atoms with Gasteiger partial charge in [-0.05, 0) is 53.3 Å². The maximum absolute atomic E-state index is 13.0. The quantitative estimate of drug-likeness (QED) is 0.627. The molecule has 170 valence electrons. The van der Waals surface area contributed by atoms with Crippen LogP contribution in [0.5, 0.6) is 5.75 Å². The standard InChI is InChI=1S/C28H30N2O3/c1-20-7-3-4-12-26(20)23-10-5-8-21(15-23)16-24-19-30(14-13-29-28(24)32)27(31)18-22-9-6-11-25(17-22)33-2/h3-12,15,17,24H,13-14,16,18-19H2,1-2H3,(H,29,32)/t24-/m1/s1. The fraction of sp³-hybridized carbons (Fsp3) is 0.286. The van der Waals surface area contributed by atoms with E-state index in [1.165, 1.54) is 11.1 Å². The average Bonchev–Trinajstić information content (AvgIpc) is 3.01. The van der Waals surface area contributed by atoms with Crippen LogP contribution in [0.1, 0.15) is 16.7 Å². The summed E-state index contributed by atoms with van der Waals surface area (Å²) >= 11 is 0. The smallest absolute Gasteiger partial charge is 0.227 e. The van der Waals surface area contributed by atoms with Gasteiger partial charge in [0.2, 0.25) is 11.8 Å². The molecule has 0 bridgehead atoms. The Morgan fingerprint density at radius 2 is 1.82 bits per heavy atom. The number of hydrogen-bond donors (Lipinski definition) is 1. The fourth-order valence-electron chi connectivity index (χ4n) is 4.40. The Labute approximate surface area is 195 Å². The van der Waals surface area contributed by atoms with Gasteiger partial charge in [-0.1, -0.05) is 60.7 Å². The lowest BCUT2D eigenvalue weighted by Crippen LogP contribution is -2.38. The van der Waals surface area contributed by atoms with Crippen molar-refractivity contribution < 1.29 is 14.3 Å². The highest BCUT2D eigenvalue weighted by Crippen LogP contribution is 2.25. The molecule has 2 amide bonds. The number of rotatable bonds is 6. The summed E-state index contributed by atoms with van der Waals surface area (Å²) in [6, 6.07) is 24.2. The molecule has 5 nitrogen and oxygen atoms in total. The van der Waals surface area contributed by atoms with E-state index in [0.29, 0.717) is 32.5 Å². The van der Waals surface area contributed by atoms with Gasteiger partial charge in [0.15, 0.2) is 0 Å². The molecule has 1 saturated heterocycles. The second-order valence-corrected chi connectivity index (χ2v) is 8.58. The van der Waals surface area contributed by atoms with Crippen LogP contribution >= 0.6 is 0 Å². The van der Waals surface area contributed by atoms with Crippen LogP contribution < -0.4 is 10.1 Å². The van der Waals surface area contributed by atoms with E-state index in [2.05, 4.69) is 42.6 Å². The molecular weight excluding hydrogens is 412 g/mol. The van der Waals surface area contributed by atoms with Gasteiger partial charge in [0.1, 0.15) is 5.75 Å². The van der Waals surface area contributed by atoms with E-state index < -0.39 is 0 Å². The predicted molar refractivity (Wildman–Crippen MR) is 130 cm³/mol. The number of aryl methyl sites for hydroxylation is 1. The van der Waals surface area contributed by atoms with E-state index in [0.717, 1.165) is 22.4 Å². The number of nitrogens with one attached hydrogen (secondary N) is 1. The van der Waals surface area contributed by atoms with E-state index >= 15 is 0 Å². The van der Waals surface area contributed by atoms with E-state index in [1.54, 1.807) is 7.11 Å². The van der Waals surface area contributed by atoms with Crippen molar-refractivity contribution in [3.05, 3.63) is 89.5 Å². The van der Waals surface area contributed by atoms with Crippen LogP contribution in [-0.4, -0.2) is 43.5 Å². The van der Waals surface area contributed by atoms with Crippen LogP contribution in [0.25, 0.3) is 11.1 Å². The summed E-state index contributed by atoms with van der Waals surface area (Å²) < 4.78 is 5.27. The van der Waals surface area contributed by atoms with Gasteiger partial charge in [0.25, 0.3) is 0 Å². The Balaban J connectivity index is 1.48. The largest absolute Gasteiger partial charge is 0.497 e. The third kappa shape index (κ3) is 5.61. The van der Waals surface area contributed by atoms with E-state index in [-0.39, 0.29) is 17.7 Å². The topological polar surface area (TPSA) is 58.6 Å². The van der Waals surface area contributed by atoms with Crippen LogP contribution in [0.3, 0.4) is 0 Å². The number of methoxy groups -OCH3 is 1. The number of ether oxygens (including phenoxy) is 1. The Morgan fingerprint density at radius 3 is 2.64 bits per heavy atom. The average molecular weight is 443 g/mol. The van der Waals surface area contributed by atoms with Gasteiger partial charge in [-0.3, -0.25) is 9.59 Å². The first-order valence-electron chi connectivity index (χ1n) is 11.4. The monoisotopic (exact) mass is 442 g/mol. The lowest BCUT2D eigenvalue weighted by atomic mass is 9.94. The summed E-state index contributed by atoms with van der Waals surface area (Å²) in [6.45, 7) is 3.52. The van der Waals surface area contributed by atoms with Gasteiger partial charge in [-0.25, -0.2) is 0 Å². The number of nitrogens with zero attached hydrogens (tertiary/aromatic N) is 1. The molecule has 4 rings (SSSR count). The summed E-state index contributed by atoms with van der Waals surface area (Å²) in [7, 11) is 1.62. The zero-order chi connectivity index (χ0) is 23.2. The number of carbonyl (C=O) groups excluding carboxylic acids is 2. The van der Waals surface area contributed by atoms with Crippen molar-refractivity contribution in [1.29, 1.82) is 0 Å². The lowest BCUT2D eigenvalue weighted by Gasteiger charge is -2.23. The first kappa shape index (κ1) is 22.6. The Hall–Kier alpha value is -3.60. The van der Waals surface area contributed by atoms with Crippen LogP contribution in [0, 0.1) is 12.8 Å². The molecule has 0 aliphatic carbocycles. The third-order valence-electron chi connectivity index (χ3n) is 6.20. The summed E-state index contributed by atoms with van der Waals surface area (Å²) in [5.74, 6) is 0.486. The van der Waals surface area contributed by atoms with Gasteiger partial charge < -0.3 is 15.0 Å². The predicted octanol–water partition coefficient (Wildman–Crippen LogP) is 4.03. The van der Waals surface area contributed by atoms with Crippen LogP contribution in [0.15, 0.2) is 72.8 Å². The SMILES string of the molecule is COc1cccc(CC(=O)N2CCNC(=O)[C@H](Cc3cccc(-c4ccccc4C)c3)C2)c1. The molecule has 1 aliphatic rings. The highest BCUT2D eigenvalue weighted by Gasteiger charge is 2.28. The van der Waals surface area contributed by atoms with Crippen molar-refractivity contribution in [3.63, 3.8) is 0 Å². The molecule has 0 unspecified atom stereocenters. The first-order valence-corrected chi connectivity index (χ1v) is 11.4. The van der Waals surface area contributed by atoms with E-state index in [4.69, 9.17) is 4.74 Å². The second kappa shape index (κ2) is 10.3. The van der Waals surface area contributed by atoms with Crippen molar-refractivity contribution in [3.8, 4) is 16.9 Å². The molecule has 1 aliphatic heterocycles. The summed E-state index contributed by atoms with van der Waals surface area (Å²) in [5, 5.41) is 2.98. The number of carbonyl (C=O) groups is 2. The molecule has 3 aromatic carbocycles. The first-order chi connectivity index (χ1) is 16.0. The van der Waals surface area contributed by atoms with E-state index in [1.807, 2.05) is 47.4 Å². The molecule has 1 atom stereocenters. The van der Waals surface area contributed by atoms with Crippen molar-refractivity contribution >= 4 is 11.8 Å². The minimum Gasteiger partial charge on any atom is -0.497 e. The molecule has 0 radical (unpaired) electrons. The van der Waals surface area contributed by atoms with Crippen LogP contribution in [0.2, 0.25) is 0 Å². The Morgan fingerprint density at radius 1 is 1.03 bits per heavy atom. The molecule has 1 heterocycles. The number of hydrogen-bond acceptors (Lipinski definition) is 3. The highest BCUT2D eigenvalue weighted by molar-refractivity contribution is 5.83. The summed E-state index contributed by atoms with van der Waals surface area (Å²) in [6.07, 6.45) is 0.884. The van der Waals surface area contributed by atoms with Crippen molar-refractivity contribution in [2.75, 3.05) is 26.7 Å². The normalized spacial score (nSPS) is 16.1. The molecule has 5 heteroatoms. The summed E-state index contributed by atoms with van der Waals surface area (Å²) in [5.41, 5.74) is 5.56. The number of benzene rings is 3. The third-order valence-corrected chi connectivity index (χ3v) is 6.20. The Bertz CT molecular complexity index is 1140. The van der Waals surface area contributed by atoms with Gasteiger partial charge >= 0.3 is 0 Å². The molecule has 1 fully saturated rings. The maximum Gasteiger partial charge on any atom is 0.227 e. The molecule has 0 saturated carbocycles. The van der Waals surface area contributed by atoms with Crippen LogP contribution in [-0.2, 0) is 22.4 Å². The minimum absolute atomic E-state index is 0.00738. The van der Waals surface area contributed by atoms with Crippen LogP contribution in [0.4, 0.5) is 0 Å². The molecule has 0 aromatic heterocycles. The van der Waals surface area contributed by atoms with Gasteiger partial charge in [0, 0.05) is 19.6 Å². The molecule has 33 heavy (non-hydrogen) atoms. The molecular formula is C28H30N2O3. The molecule has 0 spiro atoms. The van der Waals surface area contributed by atoms with Gasteiger partial charge in [0.05, 0.1) is 19.4 Å². The fourth-order valence-corrected chi connectivity index (χ4v) is 4.40. The van der Waals surface area contributed by atoms with Crippen molar-refractivity contribution in [2.24, 2.45) is 5.92 Å². The van der Waals surface area contributed by atoms with Gasteiger partial charge in [-0.2, -0.15) is 0 Å². The van der Waals surface area contributed by atoms with Crippen molar-refractivity contribution in [2.45, 2.75) is 19.8 Å². The number of amides is 2. The highest BCUT2D eigenvalue weighted by atomic mass is 16.5. The molecule has 3 aromatic rings. The Kier molecular flexibility index (Phi) is 7.08. The summed E-state index contributed by atoms with van der Waals surface area (Å²) in [4.78, 5) is 27.6. The zero-order valence-electron chi connectivity index (χ0n) is 19.2. The lowest BCUT2D eigenvalue weighted by molar-refractivity contribution is -0.131. The van der Waals surface area contributed by atoms with Gasteiger partial charge in [-0.15, -0.1) is 0 Å². The maximum atomic E-state index is 13.0.